The molecule has 1 heterocycles. The number of amides is 1. The first kappa shape index (κ1) is 15.4. The highest BCUT2D eigenvalue weighted by atomic mass is 32.1. The molecule has 0 spiro atoms. The highest BCUT2D eigenvalue weighted by molar-refractivity contribution is 7.12. The van der Waals surface area contributed by atoms with Crippen LogP contribution in [0.1, 0.15) is 23.6 Å². The molecule has 4 nitrogen and oxygen atoms in total. The Kier molecular flexibility index (Phi) is 5.76. The number of thiophene rings is 1. The van der Waals surface area contributed by atoms with Gasteiger partial charge in [-0.25, -0.2) is 0 Å². The molecule has 0 radical (unpaired) electrons. The molecule has 0 saturated heterocycles. The fourth-order valence-electron chi connectivity index (χ4n) is 1.58. The number of carboxylic acids is 1. The highest BCUT2D eigenvalue weighted by Gasteiger charge is 2.21. The largest absolute Gasteiger partial charge is 0.481 e. The fourth-order valence-corrected chi connectivity index (χ4v) is 2.36. The Hall–Kier alpha value is -1.62. The minimum Gasteiger partial charge on any atom is -0.481 e. The van der Waals surface area contributed by atoms with E-state index in [4.69, 9.17) is 5.11 Å². The summed E-state index contributed by atoms with van der Waals surface area (Å²) in [5.74, 6) is -1.71. The fraction of sp³-hybridized carbons (Fsp3) is 0.429. The molecule has 0 aromatic carbocycles. The molecule has 5 heteroatoms. The zero-order valence-electron chi connectivity index (χ0n) is 11.3. The summed E-state index contributed by atoms with van der Waals surface area (Å²) < 4.78 is 0. The molecule has 0 fully saturated rings. The van der Waals surface area contributed by atoms with Gasteiger partial charge in [-0.3, -0.25) is 9.59 Å². The first-order valence-corrected chi connectivity index (χ1v) is 6.97. The van der Waals surface area contributed by atoms with Crippen molar-refractivity contribution >= 4 is 29.3 Å². The molecular weight excluding hydrogens is 262 g/mol. The molecule has 104 valence electrons. The molecule has 0 bridgehead atoms. The van der Waals surface area contributed by atoms with Crippen molar-refractivity contribution in [2.24, 2.45) is 11.8 Å². The van der Waals surface area contributed by atoms with Gasteiger partial charge >= 0.3 is 5.97 Å². The predicted molar refractivity (Wildman–Crippen MR) is 77.1 cm³/mol. The van der Waals surface area contributed by atoms with Crippen LogP contribution < -0.4 is 5.32 Å². The Bertz CT molecular complexity index is 477. The summed E-state index contributed by atoms with van der Waals surface area (Å²) in [5.41, 5.74) is 0. The van der Waals surface area contributed by atoms with E-state index < -0.39 is 11.9 Å². The zero-order chi connectivity index (χ0) is 14.4. The zero-order valence-corrected chi connectivity index (χ0v) is 12.2. The minimum absolute atomic E-state index is 0.0123. The van der Waals surface area contributed by atoms with E-state index in [9.17, 15) is 9.59 Å². The monoisotopic (exact) mass is 281 g/mol. The molecule has 2 N–H and O–H groups in total. The Labute approximate surface area is 117 Å². The summed E-state index contributed by atoms with van der Waals surface area (Å²) in [5, 5.41) is 11.6. The van der Waals surface area contributed by atoms with Crippen LogP contribution in [0.2, 0.25) is 0 Å². The van der Waals surface area contributed by atoms with E-state index in [0.29, 0.717) is 0 Å². The lowest BCUT2D eigenvalue weighted by Gasteiger charge is -2.15. The van der Waals surface area contributed by atoms with Gasteiger partial charge in [0.1, 0.15) is 0 Å². The van der Waals surface area contributed by atoms with Crippen LogP contribution in [0.5, 0.6) is 0 Å². The van der Waals surface area contributed by atoms with Gasteiger partial charge in [0, 0.05) is 22.4 Å². The smallest absolute Gasteiger partial charge is 0.308 e. The highest BCUT2D eigenvalue weighted by Crippen LogP contribution is 2.16. The summed E-state index contributed by atoms with van der Waals surface area (Å²) in [6.45, 7) is 5.81. The molecule has 19 heavy (non-hydrogen) atoms. The first-order chi connectivity index (χ1) is 8.90. The minimum atomic E-state index is -0.881. The van der Waals surface area contributed by atoms with E-state index in [0.717, 1.165) is 4.88 Å². The van der Waals surface area contributed by atoms with Gasteiger partial charge in [-0.05, 0) is 31.1 Å². The maximum atomic E-state index is 11.6. The molecule has 0 aliphatic carbocycles. The molecule has 1 unspecified atom stereocenters. The second kappa shape index (κ2) is 7.09. The van der Waals surface area contributed by atoms with Gasteiger partial charge in [0.05, 0.1) is 5.92 Å². The van der Waals surface area contributed by atoms with Gasteiger partial charge in [-0.1, -0.05) is 13.8 Å². The molecule has 1 atom stereocenters. The second-order valence-corrected chi connectivity index (χ2v) is 6.04. The normalized spacial score (nSPS) is 12.8. The van der Waals surface area contributed by atoms with Gasteiger partial charge < -0.3 is 10.4 Å². The van der Waals surface area contributed by atoms with Gasteiger partial charge in [-0.2, -0.15) is 0 Å². The van der Waals surface area contributed by atoms with E-state index in [2.05, 4.69) is 5.32 Å². The van der Waals surface area contributed by atoms with E-state index >= 15 is 0 Å². The Morgan fingerprint density at radius 1 is 1.42 bits per heavy atom. The quantitative estimate of drug-likeness (QED) is 0.787. The Morgan fingerprint density at radius 3 is 2.58 bits per heavy atom. The van der Waals surface area contributed by atoms with Crippen LogP contribution in [-0.2, 0) is 9.59 Å². The van der Waals surface area contributed by atoms with Gasteiger partial charge in [0.25, 0.3) is 0 Å². The predicted octanol–water partition coefficient (Wildman–Crippen LogP) is 2.54. The van der Waals surface area contributed by atoms with Crippen molar-refractivity contribution in [3.8, 4) is 0 Å². The number of nitrogens with one attached hydrogen (secondary N) is 1. The van der Waals surface area contributed by atoms with Gasteiger partial charge in [0.2, 0.25) is 5.91 Å². The molecule has 0 saturated carbocycles. The Balaban J connectivity index is 2.47. The number of carboxylic acid groups (broad SMARTS) is 1. The van der Waals surface area contributed by atoms with Crippen molar-refractivity contribution in [1.82, 2.24) is 5.32 Å². The number of carbonyl (C=O) groups excluding carboxylic acids is 1. The maximum Gasteiger partial charge on any atom is 0.308 e. The maximum absolute atomic E-state index is 11.6. The number of hydrogen-bond acceptors (Lipinski definition) is 3. The van der Waals surface area contributed by atoms with E-state index in [1.54, 1.807) is 17.4 Å². The molecule has 1 aromatic heterocycles. The summed E-state index contributed by atoms with van der Waals surface area (Å²) in [6, 6.07) is 3.93. The third-order valence-corrected chi connectivity index (χ3v) is 3.74. The van der Waals surface area contributed by atoms with Crippen molar-refractivity contribution in [3.63, 3.8) is 0 Å². The molecular formula is C14H19NO3S. The van der Waals surface area contributed by atoms with Gasteiger partial charge in [0.15, 0.2) is 0 Å². The van der Waals surface area contributed by atoms with Crippen molar-refractivity contribution in [2.45, 2.75) is 20.8 Å². The van der Waals surface area contributed by atoms with Crippen LogP contribution in [0.25, 0.3) is 6.08 Å². The van der Waals surface area contributed by atoms with E-state index in [1.165, 1.54) is 11.0 Å². The van der Waals surface area contributed by atoms with Crippen LogP contribution in [0.15, 0.2) is 18.2 Å². The number of aryl methyl sites for hydroxylation is 1. The average Bonchev–Trinajstić information content (AvgIpc) is 2.71. The van der Waals surface area contributed by atoms with Crippen LogP contribution >= 0.6 is 11.3 Å². The third-order valence-electron chi connectivity index (χ3n) is 2.78. The first-order valence-electron chi connectivity index (χ1n) is 6.15. The third kappa shape index (κ3) is 5.26. The van der Waals surface area contributed by atoms with Crippen molar-refractivity contribution in [3.05, 3.63) is 28.0 Å². The van der Waals surface area contributed by atoms with Gasteiger partial charge in [-0.15, -0.1) is 11.3 Å². The van der Waals surface area contributed by atoms with E-state index in [-0.39, 0.29) is 18.4 Å². The van der Waals surface area contributed by atoms with Crippen LogP contribution in [-0.4, -0.2) is 23.5 Å². The summed E-state index contributed by atoms with van der Waals surface area (Å²) >= 11 is 1.60. The SMILES string of the molecule is Cc1ccc(C=CC(=O)NCC(C(=O)O)C(C)C)s1. The summed E-state index contributed by atoms with van der Waals surface area (Å²) in [6.07, 6.45) is 3.17. The van der Waals surface area contributed by atoms with Crippen LogP contribution in [0.4, 0.5) is 0 Å². The lowest BCUT2D eigenvalue weighted by Crippen LogP contribution is -2.34. The number of carbonyl (C=O) groups is 2. The summed E-state index contributed by atoms with van der Waals surface area (Å²) in [4.78, 5) is 24.7. The molecule has 0 aliphatic heterocycles. The standard InChI is InChI=1S/C14H19NO3S/c1-9(2)12(14(17)18)8-15-13(16)7-6-11-5-4-10(3)19-11/h4-7,9,12H,8H2,1-3H3,(H,15,16)(H,17,18). The van der Waals surface area contributed by atoms with Crippen molar-refractivity contribution in [2.75, 3.05) is 6.54 Å². The summed E-state index contributed by atoms with van der Waals surface area (Å²) in [7, 11) is 0. The van der Waals surface area contributed by atoms with Crippen molar-refractivity contribution < 1.29 is 14.7 Å². The lowest BCUT2D eigenvalue weighted by molar-refractivity contribution is -0.143. The molecule has 1 rings (SSSR count). The number of hydrogen-bond donors (Lipinski definition) is 2. The van der Waals surface area contributed by atoms with Crippen LogP contribution in [0, 0.1) is 18.8 Å². The van der Waals surface area contributed by atoms with Crippen molar-refractivity contribution in [1.29, 1.82) is 0 Å². The second-order valence-electron chi connectivity index (χ2n) is 4.72. The Morgan fingerprint density at radius 2 is 2.11 bits per heavy atom. The number of aliphatic carboxylic acids is 1. The van der Waals surface area contributed by atoms with E-state index in [1.807, 2.05) is 32.9 Å². The molecule has 1 aromatic rings. The topological polar surface area (TPSA) is 66.4 Å². The number of rotatable bonds is 6. The average molecular weight is 281 g/mol. The molecule has 0 aliphatic rings. The molecule has 1 amide bonds. The lowest BCUT2D eigenvalue weighted by atomic mass is 9.96. The van der Waals surface area contributed by atoms with Crippen LogP contribution in [0.3, 0.4) is 0 Å².